The molecular weight excluding hydrogens is 388 g/mol. The van der Waals surface area contributed by atoms with E-state index in [-0.39, 0.29) is 29.9 Å². The molecule has 0 unspecified atom stereocenters. The maximum atomic E-state index is 13.0. The Labute approximate surface area is 155 Å². The van der Waals surface area contributed by atoms with Gasteiger partial charge in [0.2, 0.25) is 5.91 Å². The van der Waals surface area contributed by atoms with Gasteiger partial charge in [-0.2, -0.15) is 0 Å². The molecule has 1 aromatic carbocycles. The molecule has 2 aliphatic heterocycles. The van der Waals surface area contributed by atoms with Gasteiger partial charge in [0, 0.05) is 15.7 Å². The highest BCUT2D eigenvalue weighted by Gasteiger charge is 2.54. The minimum Gasteiger partial charge on any atom is -0.496 e. The van der Waals surface area contributed by atoms with Gasteiger partial charge in [0.1, 0.15) is 5.75 Å². The van der Waals surface area contributed by atoms with Gasteiger partial charge in [0.25, 0.3) is 0 Å². The first-order valence-corrected chi connectivity index (χ1v) is 8.81. The number of fused-ring (bicyclic) bond motifs is 2. The summed E-state index contributed by atoms with van der Waals surface area (Å²) >= 11 is 3.53. The second kappa shape index (κ2) is 6.80. The van der Waals surface area contributed by atoms with E-state index in [9.17, 15) is 9.59 Å². The number of benzene rings is 1. The highest BCUT2D eigenvalue weighted by molar-refractivity contribution is 9.10. The number of ether oxygens (including phenoxy) is 2. The SMILES string of the molecule is C=C1[C@@H]2[C@@H](C(=O)OC)C[C@H](C(=O)N1Cc1c(Br)cccc1OC)N2C. The van der Waals surface area contributed by atoms with Gasteiger partial charge < -0.3 is 14.4 Å². The van der Waals surface area contributed by atoms with E-state index in [0.29, 0.717) is 24.4 Å². The Bertz CT molecular complexity index is 736. The van der Waals surface area contributed by atoms with Crippen molar-refractivity contribution in [2.75, 3.05) is 21.3 Å². The summed E-state index contributed by atoms with van der Waals surface area (Å²) in [6.07, 6.45) is 0.454. The van der Waals surface area contributed by atoms with Crippen LogP contribution in [0.3, 0.4) is 0 Å². The average molecular weight is 409 g/mol. The lowest BCUT2D eigenvalue weighted by molar-refractivity contribution is -0.146. The molecular formula is C18H21BrN2O4. The monoisotopic (exact) mass is 408 g/mol. The van der Waals surface area contributed by atoms with E-state index < -0.39 is 0 Å². The smallest absolute Gasteiger partial charge is 0.310 e. The summed E-state index contributed by atoms with van der Waals surface area (Å²) in [7, 11) is 4.83. The summed E-state index contributed by atoms with van der Waals surface area (Å²) in [6, 6.07) is 5.07. The molecule has 0 saturated carbocycles. The lowest BCUT2D eigenvalue weighted by atomic mass is 9.98. The number of hydrogen-bond donors (Lipinski definition) is 0. The Morgan fingerprint density at radius 2 is 2.12 bits per heavy atom. The van der Waals surface area contributed by atoms with Gasteiger partial charge in [-0.25, -0.2) is 0 Å². The fourth-order valence-electron chi connectivity index (χ4n) is 3.83. The number of halogens is 1. The van der Waals surface area contributed by atoms with Crippen molar-refractivity contribution in [2.24, 2.45) is 5.92 Å². The van der Waals surface area contributed by atoms with Crippen LogP contribution in [0.4, 0.5) is 0 Å². The summed E-state index contributed by atoms with van der Waals surface area (Å²) in [6.45, 7) is 4.47. The van der Waals surface area contributed by atoms with E-state index >= 15 is 0 Å². The van der Waals surface area contributed by atoms with Gasteiger partial charge in [-0.15, -0.1) is 0 Å². The standard InChI is InChI=1S/C18H21BrN2O4/c1-10-16-11(18(23)25-4)8-14(20(16)2)17(22)21(10)9-12-13(19)6-5-7-15(12)24-3/h5-7,11,14,16H,1,8-9H2,2-4H3/t11-,14+,16+/m0/s1. The van der Waals surface area contributed by atoms with Crippen molar-refractivity contribution >= 4 is 27.8 Å². The molecule has 2 fully saturated rings. The number of likely N-dealkylation sites (N-methyl/N-ethyl adjacent to an activating group) is 1. The lowest BCUT2D eigenvalue weighted by Crippen LogP contribution is -2.54. The minimum absolute atomic E-state index is 0.0482. The molecule has 1 amide bonds. The summed E-state index contributed by atoms with van der Waals surface area (Å²) < 4.78 is 11.2. The third-order valence-electron chi connectivity index (χ3n) is 5.14. The molecule has 0 radical (unpaired) electrons. The van der Waals surface area contributed by atoms with E-state index in [4.69, 9.17) is 9.47 Å². The third kappa shape index (κ3) is 2.85. The van der Waals surface area contributed by atoms with Crippen molar-refractivity contribution in [1.29, 1.82) is 0 Å². The summed E-state index contributed by atoms with van der Waals surface area (Å²) in [5, 5.41) is 0. The molecule has 3 atom stereocenters. The Hall–Kier alpha value is -1.86. The van der Waals surface area contributed by atoms with E-state index in [1.165, 1.54) is 7.11 Å². The molecule has 2 bridgehead atoms. The largest absolute Gasteiger partial charge is 0.496 e. The van der Waals surface area contributed by atoms with Crippen LogP contribution in [0.25, 0.3) is 0 Å². The number of esters is 1. The second-order valence-electron chi connectivity index (χ2n) is 6.33. The van der Waals surface area contributed by atoms with Crippen molar-refractivity contribution in [3.8, 4) is 5.75 Å². The normalized spacial score (nSPS) is 26.1. The highest BCUT2D eigenvalue weighted by atomic mass is 79.9. The van der Waals surface area contributed by atoms with Crippen molar-refractivity contribution in [3.05, 3.63) is 40.5 Å². The molecule has 7 heteroatoms. The fraction of sp³-hybridized carbons (Fsp3) is 0.444. The van der Waals surface area contributed by atoms with Gasteiger partial charge in [0.05, 0.1) is 38.8 Å². The van der Waals surface area contributed by atoms with Crippen LogP contribution in [0.5, 0.6) is 5.75 Å². The van der Waals surface area contributed by atoms with Crippen LogP contribution >= 0.6 is 15.9 Å². The van der Waals surface area contributed by atoms with Crippen LogP contribution in [0.2, 0.25) is 0 Å². The van der Waals surface area contributed by atoms with Crippen LogP contribution in [-0.2, 0) is 20.9 Å². The molecule has 0 N–H and O–H groups in total. The van der Waals surface area contributed by atoms with E-state index in [0.717, 1.165) is 10.0 Å². The van der Waals surface area contributed by atoms with Gasteiger partial charge >= 0.3 is 5.97 Å². The quantitative estimate of drug-likeness (QED) is 0.714. The molecule has 0 aromatic heterocycles. The number of piperazine rings is 1. The highest BCUT2D eigenvalue weighted by Crippen LogP contribution is 2.41. The van der Waals surface area contributed by atoms with E-state index in [1.807, 2.05) is 30.1 Å². The number of methoxy groups -OCH3 is 2. The number of rotatable bonds is 4. The van der Waals surface area contributed by atoms with E-state index in [1.54, 1.807) is 12.0 Å². The molecule has 3 rings (SSSR count). The molecule has 25 heavy (non-hydrogen) atoms. The molecule has 1 aromatic rings. The van der Waals surface area contributed by atoms with Crippen LogP contribution in [0, 0.1) is 5.92 Å². The zero-order chi connectivity index (χ0) is 18.3. The lowest BCUT2D eigenvalue weighted by Gasteiger charge is -2.40. The van der Waals surface area contributed by atoms with E-state index in [2.05, 4.69) is 22.5 Å². The Morgan fingerprint density at radius 1 is 1.40 bits per heavy atom. The molecule has 0 aliphatic carbocycles. The first-order valence-electron chi connectivity index (χ1n) is 8.02. The van der Waals surface area contributed by atoms with Gasteiger partial charge in [0.15, 0.2) is 0 Å². The predicted molar refractivity (Wildman–Crippen MR) is 95.8 cm³/mol. The molecule has 134 valence electrons. The second-order valence-corrected chi connectivity index (χ2v) is 7.18. The molecule has 2 heterocycles. The summed E-state index contributed by atoms with van der Waals surface area (Å²) in [5.74, 6) is -0.0186. The number of likely N-dealkylation sites (tertiary alicyclic amines) is 1. The first kappa shape index (κ1) is 17.9. The van der Waals surface area contributed by atoms with Crippen LogP contribution in [-0.4, -0.2) is 55.0 Å². The van der Waals surface area contributed by atoms with Crippen molar-refractivity contribution < 1.29 is 19.1 Å². The maximum Gasteiger partial charge on any atom is 0.310 e. The van der Waals surface area contributed by atoms with Crippen molar-refractivity contribution in [2.45, 2.75) is 25.0 Å². The molecule has 6 nitrogen and oxygen atoms in total. The zero-order valence-corrected chi connectivity index (χ0v) is 16.1. The average Bonchev–Trinajstić information content (AvgIpc) is 2.90. The van der Waals surface area contributed by atoms with Crippen LogP contribution < -0.4 is 4.74 Å². The molecule has 0 spiro atoms. The maximum absolute atomic E-state index is 13.0. The minimum atomic E-state index is -0.373. The number of hydrogen-bond acceptors (Lipinski definition) is 5. The van der Waals surface area contributed by atoms with Crippen molar-refractivity contribution in [1.82, 2.24) is 9.80 Å². The number of carbonyl (C=O) groups is 2. The summed E-state index contributed by atoms with van der Waals surface area (Å²) in [4.78, 5) is 28.7. The Kier molecular flexibility index (Phi) is 4.88. The van der Waals surface area contributed by atoms with Crippen molar-refractivity contribution in [3.63, 3.8) is 0 Å². The fourth-order valence-corrected chi connectivity index (χ4v) is 4.31. The van der Waals surface area contributed by atoms with Crippen LogP contribution in [0.1, 0.15) is 12.0 Å². The summed E-state index contributed by atoms with van der Waals surface area (Å²) in [5.41, 5.74) is 1.49. The Morgan fingerprint density at radius 3 is 2.76 bits per heavy atom. The molecule has 2 saturated heterocycles. The predicted octanol–water partition coefficient (Wildman–Crippen LogP) is 2.18. The van der Waals surface area contributed by atoms with Gasteiger partial charge in [-0.3, -0.25) is 14.5 Å². The molecule has 2 aliphatic rings. The van der Waals surface area contributed by atoms with Gasteiger partial charge in [-0.1, -0.05) is 28.6 Å². The Balaban J connectivity index is 1.94. The number of nitrogens with zero attached hydrogens (tertiary/aromatic N) is 2. The topological polar surface area (TPSA) is 59.1 Å². The van der Waals surface area contributed by atoms with Gasteiger partial charge in [-0.05, 0) is 25.6 Å². The van der Waals surface area contributed by atoms with Crippen LogP contribution in [0.15, 0.2) is 34.9 Å². The zero-order valence-electron chi connectivity index (χ0n) is 14.5. The number of carbonyl (C=O) groups excluding carboxylic acids is 2. The third-order valence-corrected chi connectivity index (χ3v) is 5.89. The first-order chi connectivity index (χ1) is 11.9. The number of amides is 1.